The van der Waals surface area contributed by atoms with Crippen molar-refractivity contribution < 1.29 is 29.7 Å². The molecule has 0 rings (SSSR count). The summed E-state index contributed by atoms with van der Waals surface area (Å²) in [6.07, 6.45) is 1.64. The van der Waals surface area contributed by atoms with Gasteiger partial charge < -0.3 is 15.3 Å². The lowest BCUT2D eigenvalue weighted by molar-refractivity contribution is -0.134. The highest BCUT2D eigenvalue weighted by Gasteiger charge is 2.05. The van der Waals surface area contributed by atoms with Crippen LogP contribution in [0.3, 0.4) is 0 Å². The number of carbonyl (C=O) groups is 3. The summed E-state index contributed by atoms with van der Waals surface area (Å²) in [4.78, 5) is 30.3. The lowest BCUT2D eigenvalue weighted by Crippen LogP contribution is -2.02. The third-order valence-electron chi connectivity index (χ3n) is 0.931. The van der Waals surface area contributed by atoms with E-state index in [4.69, 9.17) is 15.3 Å². The molecule has 0 saturated carbocycles. The van der Waals surface area contributed by atoms with E-state index >= 15 is 0 Å². The van der Waals surface area contributed by atoms with E-state index in [2.05, 4.69) is 0 Å². The molecule has 0 atom stereocenters. The number of rotatable bonds is 4. The molecule has 0 radical (unpaired) electrons. The second-order valence-electron chi connectivity index (χ2n) is 1.91. The molecule has 0 spiro atoms. The van der Waals surface area contributed by atoms with E-state index in [0.717, 1.165) is 0 Å². The molecule has 3 N–H and O–H groups in total. The molecule has 13 heavy (non-hydrogen) atoms. The van der Waals surface area contributed by atoms with E-state index in [0.29, 0.717) is 18.2 Å². The Labute approximate surface area is 72.4 Å². The minimum absolute atomic E-state index is 0.405. The van der Waals surface area contributed by atoms with Gasteiger partial charge in [-0.15, -0.1) is 0 Å². The predicted molar refractivity (Wildman–Crippen MR) is 40.1 cm³/mol. The summed E-state index contributed by atoms with van der Waals surface area (Å²) < 4.78 is 0. The van der Waals surface area contributed by atoms with E-state index in [9.17, 15) is 14.4 Å². The van der Waals surface area contributed by atoms with E-state index in [1.165, 1.54) is 0 Å². The molecular weight excluding hydrogens is 180 g/mol. The highest BCUT2D eigenvalue weighted by molar-refractivity contribution is 5.98. The maximum atomic E-state index is 10.3. The van der Waals surface area contributed by atoms with Crippen LogP contribution < -0.4 is 0 Å². The first-order valence-electron chi connectivity index (χ1n) is 3.02. The molecule has 0 saturated heterocycles. The quantitative estimate of drug-likeness (QED) is 0.411. The van der Waals surface area contributed by atoms with E-state index in [-0.39, 0.29) is 0 Å². The van der Waals surface area contributed by atoms with Gasteiger partial charge in [0.25, 0.3) is 0 Å². The molecule has 0 aliphatic heterocycles. The fourth-order valence-corrected chi connectivity index (χ4v) is 0.475. The Morgan fingerprint density at radius 2 is 1.38 bits per heavy atom. The van der Waals surface area contributed by atoms with Crippen molar-refractivity contribution in [1.29, 1.82) is 0 Å². The van der Waals surface area contributed by atoms with E-state index in [1.807, 2.05) is 0 Å². The fourth-order valence-electron chi connectivity index (χ4n) is 0.475. The van der Waals surface area contributed by atoms with Crippen LogP contribution in [0.5, 0.6) is 0 Å². The van der Waals surface area contributed by atoms with Gasteiger partial charge in [0.15, 0.2) is 0 Å². The van der Waals surface area contributed by atoms with Crippen LogP contribution in [0.25, 0.3) is 0 Å². The number of aliphatic carboxylic acids is 3. The second-order valence-corrected chi connectivity index (χ2v) is 1.91. The van der Waals surface area contributed by atoms with Crippen molar-refractivity contribution in [2.24, 2.45) is 0 Å². The summed E-state index contributed by atoms with van der Waals surface area (Å²) >= 11 is 0. The summed E-state index contributed by atoms with van der Waals surface area (Å²) in [6, 6.07) is 0. The Kier molecular flexibility index (Phi) is 3.94. The topological polar surface area (TPSA) is 112 Å². The maximum absolute atomic E-state index is 10.3. The number of carboxylic acid groups (broad SMARTS) is 3. The molecule has 0 unspecified atom stereocenters. The highest BCUT2D eigenvalue weighted by atomic mass is 16.4. The van der Waals surface area contributed by atoms with Crippen LogP contribution in [0.4, 0.5) is 0 Å². The van der Waals surface area contributed by atoms with Gasteiger partial charge in [-0.25, -0.2) is 14.4 Å². The Morgan fingerprint density at radius 3 is 1.69 bits per heavy atom. The number of hydrogen-bond acceptors (Lipinski definition) is 3. The monoisotopic (exact) mass is 186 g/mol. The molecule has 0 aromatic heterocycles. The second kappa shape index (κ2) is 4.70. The van der Waals surface area contributed by atoms with Gasteiger partial charge in [0.2, 0.25) is 0 Å². The smallest absolute Gasteiger partial charge is 0.335 e. The molecule has 6 heteroatoms. The Bertz CT molecular complexity index is 298. The molecule has 0 heterocycles. The summed E-state index contributed by atoms with van der Waals surface area (Å²) in [5.41, 5.74) is -0.602. The summed E-state index contributed by atoms with van der Waals surface area (Å²) in [5.74, 6) is -4.30. The van der Waals surface area contributed by atoms with Crippen LogP contribution in [0.1, 0.15) is 0 Å². The lowest BCUT2D eigenvalue weighted by atomic mass is 10.2. The standard InChI is InChI=1S/C7H6O6/c8-5(9)2-1-4(7(12)13)3-6(10)11/h1-3H,(H,8,9)(H,10,11)(H,12,13)/b2-1+,4-3+. The first-order chi connectivity index (χ1) is 5.93. The zero-order valence-electron chi connectivity index (χ0n) is 6.30. The van der Waals surface area contributed by atoms with Gasteiger partial charge in [0, 0.05) is 12.2 Å². The third-order valence-corrected chi connectivity index (χ3v) is 0.931. The normalized spacial score (nSPS) is 11.5. The summed E-state index contributed by atoms with van der Waals surface area (Å²) in [7, 11) is 0. The Hall–Kier alpha value is -2.11. The Morgan fingerprint density at radius 1 is 0.846 bits per heavy atom. The first kappa shape index (κ1) is 10.9. The Balaban J connectivity index is 4.74. The molecule has 0 aliphatic carbocycles. The van der Waals surface area contributed by atoms with Crippen LogP contribution in [0.15, 0.2) is 23.8 Å². The zero-order chi connectivity index (χ0) is 10.4. The minimum atomic E-state index is -1.50. The third kappa shape index (κ3) is 5.19. The van der Waals surface area contributed by atoms with Gasteiger partial charge in [-0.05, 0) is 6.08 Å². The molecule has 0 amide bonds. The van der Waals surface area contributed by atoms with Gasteiger partial charge in [-0.2, -0.15) is 0 Å². The van der Waals surface area contributed by atoms with Crippen molar-refractivity contribution in [3.8, 4) is 0 Å². The first-order valence-corrected chi connectivity index (χ1v) is 3.02. The minimum Gasteiger partial charge on any atom is -0.478 e. The van der Waals surface area contributed by atoms with Crippen molar-refractivity contribution in [2.75, 3.05) is 0 Å². The molecule has 0 aliphatic rings. The predicted octanol–water partition coefficient (Wildman–Crippen LogP) is -0.277. The van der Waals surface area contributed by atoms with Crippen molar-refractivity contribution >= 4 is 17.9 Å². The van der Waals surface area contributed by atoms with Crippen LogP contribution in [0.2, 0.25) is 0 Å². The average molecular weight is 186 g/mol. The van der Waals surface area contributed by atoms with Gasteiger partial charge >= 0.3 is 17.9 Å². The molecule has 0 bridgehead atoms. The van der Waals surface area contributed by atoms with Gasteiger partial charge in [-0.3, -0.25) is 0 Å². The van der Waals surface area contributed by atoms with Crippen molar-refractivity contribution in [3.05, 3.63) is 23.8 Å². The molecule has 0 aromatic carbocycles. The van der Waals surface area contributed by atoms with Crippen LogP contribution in [0, 0.1) is 0 Å². The largest absolute Gasteiger partial charge is 0.478 e. The zero-order valence-corrected chi connectivity index (χ0v) is 6.30. The number of hydrogen-bond donors (Lipinski definition) is 3. The highest BCUT2D eigenvalue weighted by Crippen LogP contribution is 1.96. The molecular formula is C7H6O6. The van der Waals surface area contributed by atoms with Crippen LogP contribution in [-0.2, 0) is 14.4 Å². The average Bonchev–Trinajstić information content (AvgIpc) is 1.96. The summed E-state index contributed by atoms with van der Waals surface area (Å²) in [5, 5.41) is 24.7. The van der Waals surface area contributed by atoms with E-state index in [1.54, 1.807) is 0 Å². The number of carboxylic acids is 3. The molecule has 0 fully saturated rings. The van der Waals surface area contributed by atoms with Gasteiger partial charge in [-0.1, -0.05) is 0 Å². The molecule has 70 valence electrons. The maximum Gasteiger partial charge on any atom is 0.335 e. The van der Waals surface area contributed by atoms with Gasteiger partial charge in [0.05, 0.1) is 5.57 Å². The van der Waals surface area contributed by atoms with Crippen LogP contribution in [-0.4, -0.2) is 33.2 Å². The van der Waals surface area contributed by atoms with Crippen LogP contribution >= 0.6 is 0 Å². The molecule has 0 aromatic rings. The lowest BCUT2D eigenvalue weighted by Gasteiger charge is -1.90. The fraction of sp³-hybridized carbons (Fsp3) is 0. The van der Waals surface area contributed by atoms with E-state index < -0.39 is 23.5 Å². The summed E-state index contributed by atoms with van der Waals surface area (Å²) in [6.45, 7) is 0. The SMILES string of the molecule is O=C(O)/C=C/C(=C\C(=O)O)C(=O)O. The van der Waals surface area contributed by atoms with Gasteiger partial charge in [0.1, 0.15) is 0 Å². The molecule has 6 nitrogen and oxygen atoms in total. The van der Waals surface area contributed by atoms with Crippen molar-refractivity contribution in [2.45, 2.75) is 0 Å². The van der Waals surface area contributed by atoms with Crippen molar-refractivity contribution in [3.63, 3.8) is 0 Å². The van der Waals surface area contributed by atoms with Crippen molar-refractivity contribution in [1.82, 2.24) is 0 Å².